The fourth-order valence-corrected chi connectivity index (χ4v) is 1.97. The molecule has 2 rings (SSSR count). The molecule has 0 aliphatic carbocycles. The third kappa shape index (κ3) is 2.39. The maximum Gasteiger partial charge on any atom is 0.267 e. The second-order valence-electron chi connectivity index (χ2n) is 4.60. The van der Waals surface area contributed by atoms with Crippen molar-refractivity contribution in [2.45, 2.75) is 31.9 Å². The number of anilines is 1. The van der Waals surface area contributed by atoms with Crippen molar-refractivity contribution in [3.05, 3.63) is 24.0 Å². The lowest BCUT2D eigenvalue weighted by Crippen LogP contribution is -2.41. The molecule has 1 fully saturated rings. The lowest BCUT2D eigenvalue weighted by Gasteiger charge is -2.30. The Labute approximate surface area is 100 Å². The Morgan fingerprint density at radius 1 is 1.71 bits per heavy atom. The monoisotopic (exact) mass is 235 g/mol. The normalized spacial score (nSPS) is 28.0. The average molecular weight is 235 g/mol. The van der Waals surface area contributed by atoms with E-state index in [9.17, 15) is 4.79 Å². The number of primary amides is 1. The lowest BCUT2D eigenvalue weighted by molar-refractivity contribution is 0.0995. The van der Waals surface area contributed by atoms with Crippen LogP contribution in [0.4, 0.5) is 5.69 Å². The van der Waals surface area contributed by atoms with Crippen LogP contribution in [0.2, 0.25) is 0 Å². The number of nitrogens with zero attached hydrogens (tertiary/aromatic N) is 1. The first-order chi connectivity index (χ1) is 8.01. The van der Waals surface area contributed by atoms with Gasteiger partial charge in [-0.15, -0.1) is 0 Å². The molecule has 0 bridgehead atoms. The van der Waals surface area contributed by atoms with Crippen LogP contribution in [0.5, 0.6) is 0 Å². The quantitative estimate of drug-likeness (QED) is 0.824. The summed E-state index contributed by atoms with van der Waals surface area (Å²) in [5.41, 5.74) is 6.19. The highest BCUT2D eigenvalue weighted by Crippen LogP contribution is 2.29. The first kappa shape index (κ1) is 11.9. The smallest absolute Gasteiger partial charge is 0.267 e. The molecule has 2 atom stereocenters. The third-order valence-corrected chi connectivity index (χ3v) is 3.33. The predicted molar refractivity (Wildman–Crippen MR) is 64.8 cm³/mol. The van der Waals surface area contributed by atoms with Gasteiger partial charge in [0.05, 0.1) is 11.6 Å². The van der Waals surface area contributed by atoms with Crippen molar-refractivity contribution in [1.29, 1.82) is 0 Å². The van der Waals surface area contributed by atoms with Gasteiger partial charge in [-0.05, 0) is 32.4 Å². The zero-order valence-electron chi connectivity index (χ0n) is 10.1. The van der Waals surface area contributed by atoms with Crippen molar-refractivity contribution in [3.63, 3.8) is 0 Å². The van der Waals surface area contributed by atoms with E-state index in [1.807, 2.05) is 13.0 Å². The van der Waals surface area contributed by atoms with Crippen molar-refractivity contribution in [3.8, 4) is 0 Å². The Bertz CT molecular complexity index is 436. The fraction of sp³-hybridized carbons (Fsp3) is 0.500. The SMILES string of the molecule is CC1OCCC1(C)Nc1ccnc(C(N)=O)c1. The first-order valence-electron chi connectivity index (χ1n) is 5.67. The summed E-state index contributed by atoms with van der Waals surface area (Å²) in [6.07, 6.45) is 2.64. The second-order valence-corrected chi connectivity index (χ2v) is 4.60. The van der Waals surface area contributed by atoms with E-state index >= 15 is 0 Å². The molecular weight excluding hydrogens is 218 g/mol. The van der Waals surface area contributed by atoms with E-state index in [0.717, 1.165) is 18.7 Å². The van der Waals surface area contributed by atoms with E-state index in [0.29, 0.717) is 0 Å². The van der Waals surface area contributed by atoms with E-state index in [4.69, 9.17) is 10.5 Å². The minimum absolute atomic E-state index is 0.115. The number of aromatic nitrogens is 1. The van der Waals surface area contributed by atoms with Gasteiger partial charge in [0.25, 0.3) is 5.91 Å². The molecule has 1 aromatic heterocycles. The number of amides is 1. The van der Waals surface area contributed by atoms with Crippen LogP contribution in [0.1, 0.15) is 30.8 Å². The van der Waals surface area contributed by atoms with Gasteiger partial charge >= 0.3 is 0 Å². The molecule has 5 nitrogen and oxygen atoms in total. The largest absolute Gasteiger partial charge is 0.377 e. The molecule has 1 aliphatic rings. The third-order valence-electron chi connectivity index (χ3n) is 3.33. The predicted octanol–water partition coefficient (Wildman–Crippen LogP) is 1.16. The molecule has 3 N–H and O–H groups in total. The molecule has 0 saturated carbocycles. The number of ether oxygens (including phenoxy) is 1. The second kappa shape index (κ2) is 4.33. The highest BCUT2D eigenvalue weighted by Gasteiger charge is 2.36. The van der Waals surface area contributed by atoms with Crippen LogP contribution in [0.25, 0.3) is 0 Å². The van der Waals surface area contributed by atoms with E-state index in [1.165, 1.54) is 0 Å². The van der Waals surface area contributed by atoms with Gasteiger partial charge in [-0.2, -0.15) is 0 Å². The molecule has 1 aliphatic heterocycles. The lowest BCUT2D eigenvalue weighted by atomic mass is 9.94. The maximum atomic E-state index is 11.0. The topological polar surface area (TPSA) is 77.2 Å². The summed E-state index contributed by atoms with van der Waals surface area (Å²) in [6, 6.07) is 3.49. The summed E-state index contributed by atoms with van der Waals surface area (Å²) in [7, 11) is 0. The first-order valence-corrected chi connectivity index (χ1v) is 5.67. The summed E-state index contributed by atoms with van der Waals surface area (Å²) in [5, 5.41) is 3.39. The number of nitrogens with two attached hydrogens (primary N) is 1. The summed E-state index contributed by atoms with van der Waals surface area (Å²) in [6.45, 7) is 4.89. The van der Waals surface area contributed by atoms with Crippen LogP contribution in [0.15, 0.2) is 18.3 Å². The molecule has 1 amide bonds. The molecule has 2 unspecified atom stereocenters. The molecule has 0 aromatic carbocycles. The number of hydrogen-bond donors (Lipinski definition) is 2. The standard InChI is InChI=1S/C12H17N3O2/c1-8-12(2,4-6-17-8)15-9-3-5-14-10(7-9)11(13)16/h3,5,7-8H,4,6H2,1-2H3,(H2,13,16)(H,14,15). The molecule has 1 aromatic rings. The zero-order chi connectivity index (χ0) is 12.5. The van der Waals surface area contributed by atoms with Crippen molar-refractivity contribution in [2.75, 3.05) is 11.9 Å². The van der Waals surface area contributed by atoms with E-state index in [1.54, 1.807) is 12.3 Å². The van der Waals surface area contributed by atoms with Crippen LogP contribution < -0.4 is 11.1 Å². The Morgan fingerprint density at radius 3 is 3.06 bits per heavy atom. The van der Waals surface area contributed by atoms with E-state index < -0.39 is 5.91 Å². The zero-order valence-corrected chi connectivity index (χ0v) is 10.1. The summed E-state index contributed by atoms with van der Waals surface area (Å²) in [4.78, 5) is 15.0. The molecule has 2 heterocycles. The molecular formula is C12H17N3O2. The Balaban J connectivity index is 2.18. The van der Waals surface area contributed by atoms with Crippen LogP contribution in [0.3, 0.4) is 0 Å². The number of pyridine rings is 1. The van der Waals surface area contributed by atoms with Gasteiger partial charge in [0, 0.05) is 18.5 Å². The van der Waals surface area contributed by atoms with Crippen molar-refractivity contribution in [1.82, 2.24) is 4.98 Å². The van der Waals surface area contributed by atoms with Gasteiger partial charge in [-0.1, -0.05) is 0 Å². The molecule has 1 saturated heterocycles. The number of nitrogens with one attached hydrogen (secondary N) is 1. The van der Waals surface area contributed by atoms with Crippen molar-refractivity contribution < 1.29 is 9.53 Å². The van der Waals surface area contributed by atoms with Gasteiger partial charge < -0.3 is 15.8 Å². The Hall–Kier alpha value is -1.62. The number of carbonyl (C=O) groups is 1. The average Bonchev–Trinajstić information content (AvgIpc) is 2.59. The van der Waals surface area contributed by atoms with Crippen LogP contribution in [0, 0.1) is 0 Å². The Morgan fingerprint density at radius 2 is 2.47 bits per heavy atom. The molecule has 5 heteroatoms. The van der Waals surface area contributed by atoms with Crippen LogP contribution >= 0.6 is 0 Å². The van der Waals surface area contributed by atoms with Gasteiger partial charge in [0.1, 0.15) is 5.69 Å². The molecule has 92 valence electrons. The molecule has 0 spiro atoms. The highest BCUT2D eigenvalue weighted by atomic mass is 16.5. The van der Waals surface area contributed by atoms with Crippen molar-refractivity contribution in [2.24, 2.45) is 5.73 Å². The highest BCUT2D eigenvalue weighted by molar-refractivity contribution is 5.91. The molecule has 0 radical (unpaired) electrons. The summed E-state index contributed by atoms with van der Waals surface area (Å²) in [5.74, 6) is -0.519. The van der Waals surface area contributed by atoms with Crippen molar-refractivity contribution >= 4 is 11.6 Å². The molecule has 17 heavy (non-hydrogen) atoms. The van der Waals surface area contributed by atoms with Crippen LogP contribution in [-0.2, 0) is 4.74 Å². The fourth-order valence-electron chi connectivity index (χ4n) is 1.97. The summed E-state index contributed by atoms with van der Waals surface area (Å²) >= 11 is 0. The van der Waals surface area contributed by atoms with E-state index in [2.05, 4.69) is 17.2 Å². The minimum Gasteiger partial charge on any atom is -0.377 e. The maximum absolute atomic E-state index is 11.0. The van der Waals surface area contributed by atoms with Gasteiger partial charge in [-0.3, -0.25) is 9.78 Å². The van der Waals surface area contributed by atoms with Crippen LogP contribution in [-0.4, -0.2) is 29.1 Å². The summed E-state index contributed by atoms with van der Waals surface area (Å²) < 4.78 is 5.55. The Kier molecular flexibility index (Phi) is 3.02. The van der Waals surface area contributed by atoms with Gasteiger partial charge in [-0.25, -0.2) is 0 Å². The minimum atomic E-state index is -0.519. The number of carbonyl (C=O) groups excluding carboxylic acids is 1. The number of rotatable bonds is 3. The number of hydrogen-bond acceptors (Lipinski definition) is 4. The van der Waals surface area contributed by atoms with Gasteiger partial charge in [0.15, 0.2) is 0 Å². The van der Waals surface area contributed by atoms with E-state index in [-0.39, 0.29) is 17.3 Å². The van der Waals surface area contributed by atoms with Gasteiger partial charge in [0.2, 0.25) is 0 Å².